The van der Waals surface area contributed by atoms with Crippen molar-refractivity contribution in [2.75, 3.05) is 6.61 Å². The second kappa shape index (κ2) is 15.0. The maximum atomic E-state index is 11.3. The zero-order valence-electron chi connectivity index (χ0n) is 12.4. The summed E-state index contributed by atoms with van der Waals surface area (Å²) in [4.78, 5) is 14.0. The van der Waals surface area contributed by atoms with Gasteiger partial charge in [0.2, 0.25) is 0 Å². The number of hydrogen-bond donors (Lipinski definition) is 2. The first-order chi connectivity index (χ1) is 9.11. The molecule has 0 fully saturated rings. The Morgan fingerprint density at radius 3 is 2.25 bits per heavy atom. The monoisotopic (exact) mass is 293 g/mol. The van der Waals surface area contributed by atoms with E-state index in [0.29, 0.717) is 0 Å². The second-order valence-electron chi connectivity index (χ2n) is 4.51. The van der Waals surface area contributed by atoms with Crippen LogP contribution in [-0.4, -0.2) is 34.7 Å². The van der Waals surface area contributed by atoms with Crippen molar-refractivity contribution in [1.29, 1.82) is 0 Å². The topological polar surface area (TPSA) is 93.0 Å². The van der Waals surface area contributed by atoms with E-state index in [1.807, 2.05) is 6.08 Å². The van der Waals surface area contributed by atoms with Crippen molar-refractivity contribution in [2.24, 2.45) is 4.99 Å². The maximum Gasteiger partial charge on any atom is 1.00 e. The minimum atomic E-state index is -1.31. The van der Waals surface area contributed by atoms with Gasteiger partial charge in [0.05, 0.1) is 6.61 Å². The van der Waals surface area contributed by atoms with Gasteiger partial charge < -0.3 is 15.3 Å². The van der Waals surface area contributed by atoms with Crippen molar-refractivity contribution >= 4 is 11.9 Å². The number of hydrogen-bond acceptors (Lipinski definition) is 4. The largest absolute Gasteiger partial charge is 1.00 e. The molecule has 0 unspecified atom stereocenters. The zero-order chi connectivity index (χ0) is 14.5. The van der Waals surface area contributed by atoms with Crippen LogP contribution in [0.4, 0.5) is 0 Å². The van der Waals surface area contributed by atoms with Crippen LogP contribution in [0.1, 0.15) is 51.4 Å². The third kappa shape index (κ3) is 12.7. The molecule has 6 heteroatoms. The van der Waals surface area contributed by atoms with Crippen molar-refractivity contribution in [3.63, 3.8) is 0 Å². The summed E-state index contributed by atoms with van der Waals surface area (Å²) in [5.74, 6) is -1.70. The SMILES string of the molecule is C=CCCCCCCCCC([O-])=N[C@@H](CO)C(=O)O.[Na+]. The molecule has 0 spiro atoms. The first-order valence-electron chi connectivity index (χ1n) is 6.80. The summed E-state index contributed by atoms with van der Waals surface area (Å²) < 4.78 is 0. The number of unbranched alkanes of at least 4 members (excludes halogenated alkanes) is 6. The number of aliphatic hydroxyl groups is 1. The molecule has 0 aliphatic heterocycles. The molecule has 0 aliphatic carbocycles. The van der Waals surface area contributed by atoms with Gasteiger partial charge in [-0.05, 0) is 31.6 Å². The summed E-state index contributed by atoms with van der Waals surface area (Å²) in [5, 5.41) is 28.7. The molecule has 0 aromatic rings. The van der Waals surface area contributed by atoms with Gasteiger partial charge in [-0.15, -0.1) is 6.58 Å². The minimum absolute atomic E-state index is 0. The van der Waals surface area contributed by atoms with Crippen molar-refractivity contribution < 1.29 is 49.7 Å². The molecule has 0 amide bonds. The van der Waals surface area contributed by atoms with Crippen LogP contribution in [0.15, 0.2) is 17.6 Å². The molecule has 0 heterocycles. The first kappa shape index (κ1) is 21.9. The number of aliphatic carboxylic acids is 1. The summed E-state index contributed by atoms with van der Waals surface area (Å²) in [7, 11) is 0. The molecule has 0 aromatic carbocycles. The molecule has 20 heavy (non-hydrogen) atoms. The molecule has 5 nitrogen and oxygen atoms in total. The predicted octanol–water partition coefficient (Wildman–Crippen LogP) is -1.50. The Balaban J connectivity index is 0. The van der Waals surface area contributed by atoms with Crippen LogP contribution in [0.2, 0.25) is 0 Å². The van der Waals surface area contributed by atoms with Crippen LogP contribution in [-0.2, 0) is 4.79 Å². The summed E-state index contributed by atoms with van der Waals surface area (Å²) in [5.41, 5.74) is 0. The molecule has 0 radical (unpaired) electrons. The molecule has 0 aromatic heterocycles. The Kier molecular flexibility index (Phi) is 16.5. The molecule has 0 bridgehead atoms. The molecule has 0 saturated heterocycles. The molecule has 110 valence electrons. The predicted molar refractivity (Wildman–Crippen MR) is 73.1 cm³/mol. The Morgan fingerprint density at radius 1 is 1.20 bits per heavy atom. The summed E-state index contributed by atoms with van der Waals surface area (Å²) >= 11 is 0. The number of allylic oxidation sites excluding steroid dienone is 1. The Bertz CT molecular complexity index is 295. The van der Waals surface area contributed by atoms with Crippen LogP contribution in [0.3, 0.4) is 0 Å². The number of carboxylic acids is 1. The van der Waals surface area contributed by atoms with Gasteiger partial charge in [-0.2, -0.15) is 0 Å². The summed E-state index contributed by atoms with van der Waals surface area (Å²) in [6.07, 6.45) is 9.46. The van der Waals surface area contributed by atoms with E-state index in [4.69, 9.17) is 10.2 Å². The summed E-state index contributed by atoms with van der Waals surface area (Å²) in [6.45, 7) is 3.03. The standard InChI is InChI=1S/C14H25NO4.Na/c1-2-3-4-5-6-7-8-9-10-13(17)15-12(11-16)14(18)19;/h2,12,16H,1,3-11H2,(H,15,17)(H,18,19);/q;+1/p-1/t12-;/m0./s1. The molecule has 2 N–H and O–H groups in total. The van der Waals surface area contributed by atoms with E-state index in [2.05, 4.69) is 11.6 Å². The summed E-state index contributed by atoms with van der Waals surface area (Å²) in [6, 6.07) is -1.31. The normalized spacial score (nSPS) is 12.6. The Labute approximate surface area is 143 Å². The van der Waals surface area contributed by atoms with E-state index in [0.717, 1.165) is 38.5 Å². The molecule has 0 rings (SSSR count). The average Bonchev–Trinajstić information content (AvgIpc) is 2.38. The fraction of sp³-hybridized carbons (Fsp3) is 0.714. The van der Waals surface area contributed by atoms with E-state index in [-0.39, 0.29) is 36.0 Å². The number of aliphatic imine (C=N–C) groups is 1. The maximum absolute atomic E-state index is 11.3. The van der Waals surface area contributed by atoms with E-state index in [1.54, 1.807) is 0 Å². The quantitative estimate of drug-likeness (QED) is 0.151. The van der Waals surface area contributed by atoms with Gasteiger partial charge in [0.1, 0.15) is 0 Å². The van der Waals surface area contributed by atoms with Gasteiger partial charge in [0, 0.05) is 0 Å². The van der Waals surface area contributed by atoms with E-state index < -0.39 is 24.5 Å². The second-order valence-corrected chi connectivity index (χ2v) is 4.51. The molecular formula is C14H24NNaO4. The fourth-order valence-corrected chi connectivity index (χ4v) is 1.68. The average molecular weight is 293 g/mol. The van der Waals surface area contributed by atoms with Gasteiger partial charge in [0.25, 0.3) is 0 Å². The molecule has 0 aliphatic rings. The van der Waals surface area contributed by atoms with Crippen LogP contribution in [0.25, 0.3) is 0 Å². The van der Waals surface area contributed by atoms with Crippen molar-refractivity contribution in [3.8, 4) is 0 Å². The smallest absolute Gasteiger partial charge is 0.862 e. The van der Waals surface area contributed by atoms with Crippen LogP contribution in [0, 0.1) is 0 Å². The van der Waals surface area contributed by atoms with Gasteiger partial charge in [-0.3, -0.25) is 4.99 Å². The molecular weight excluding hydrogens is 269 g/mol. The third-order valence-corrected chi connectivity index (χ3v) is 2.81. The van der Waals surface area contributed by atoms with Gasteiger partial charge in [-0.1, -0.05) is 31.8 Å². The van der Waals surface area contributed by atoms with Crippen molar-refractivity contribution in [1.82, 2.24) is 0 Å². The molecule has 1 atom stereocenters. The van der Waals surface area contributed by atoms with E-state index in [9.17, 15) is 9.90 Å². The van der Waals surface area contributed by atoms with Crippen LogP contribution in [0.5, 0.6) is 0 Å². The van der Waals surface area contributed by atoms with Crippen molar-refractivity contribution in [2.45, 2.75) is 57.4 Å². The number of carbonyl (C=O) groups is 1. The van der Waals surface area contributed by atoms with Crippen LogP contribution >= 0.6 is 0 Å². The van der Waals surface area contributed by atoms with E-state index in [1.165, 1.54) is 6.42 Å². The van der Waals surface area contributed by atoms with E-state index >= 15 is 0 Å². The number of rotatable bonds is 12. The number of carboxylic acid groups (broad SMARTS) is 1. The third-order valence-electron chi connectivity index (χ3n) is 2.81. The fourth-order valence-electron chi connectivity index (χ4n) is 1.68. The minimum Gasteiger partial charge on any atom is -0.862 e. The Morgan fingerprint density at radius 2 is 1.75 bits per heavy atom. The number of nitrogens with zero attached hydrogens (tertiary/aromatic N) is 1. The number of aliphatic hydroxyl groups excluding tert-OH is 1. The van der Waals surface area contributed by atoms with Crippen LogP contribution < -0.4 is 34.7 Å². The van der Waals surface area contributed by atoms with Gasteiger partial charge in [0.15, 0.2) is 6.04 Å². The Hall–Kier alpha value is -0.360. The van der Waals surface area contributed by atoms with Crippen molar-refractivity contribution in [3.05, 3.63) is 12.7 Å². The first-order valence-corrected chi connectivity index (χ1v) is 6.80. The van der Waals surface area contributed by atoms with Gasteiger partial charge in [-0.25, -0.2) is 4.79 Å². The zero-order valence-corrected chi connectivity index (χ0v) is 14.4. The van der Waals surface area contributed by atoms with Gasteiger partial charge >= 0.3 is 35.5 Å². The molecule has 0 saturated carbocycles.